The van der Waals surface area contributed by atoms with Gasteiger partial charge in [-0.3, -0.25) is 25.2 Å². The second kappa shape index (κ2) is 17.6. The molecular weight excluding hydrogens is 576 g/mol. The summed E-state index contributed by atoms with van der Waals surface area (Å²) in [5.41, 5.74) is 5.27. The van der Waals surface area contributed by atoms with Crippen molar-refractivity contribution >= 4 is 46.6 Å². The number of anilines is 1. The molecule has 2 rings (SSSR count). The molecule has 0 bridgehead atoms. The summed E-state index contributed by atoms with van der Waals surface area (Å²) in [7, 11) is 0. The summed E-state index contributed by atoms with van der Waals surface area (Å²) in [5.74, 6) is -1.17. The van der Waals surface area contributed by atoms with E-state index >= 15 is 0 Å². The van der Waals surface area contributed by atoms with E-state index in [1.54, 1.807) is 64.1 Å². The van der Waals surface area contributed by atoms with Crippen molar-refractivity contribution in [3.63, 3.8) is 0 Å². The fraction of sp³-hybridized carbons (Fsp3) is 0.433. The molecule has 13 heteroatoms. The van der Waals surface area contributed by atoms with E-state index in [2.05, 4.69) is 28.4 Å². The summed E-state index contributed by atoms with van der Waals surface area (Å²) in [6, 6.07) is 12.2. The van der Waals surface area contributed by atoms with E-state index in [9.17, 15) is 24.0 Å². The highest BCUT2D eigenvalue weighted by molar-refractivity contribution is 8.14. The Morgan fingerprint density at radius 3 is 2.19 bits per heavy atom. The van der Waals surface area contributed by atoms with Gasteiger partial charge in [0.1, 0.15) is 17.4 Å². The smallest absolute Gasteiger partial charge is 0.408 e. The van der Waals surface area contributed by atoms with Crippen molar-refractivity contribution in [2.75, 3.05) is 24.3 Å². The maximum Gasteiger partial charge on any atom is 0.408 e. The number of unbranched alkanes of at least 4 members (excludes halogenated alkanes) is 1. The number of nitrogens with one attached hydrogen (secondary N) is 4. The number of esters is 1. The number of rotatable bonds is 13. The zero-order valence-corrected chi connectivity index (χ0v) is 25.9. The second-order valence-corrected chi connectivity index (χ2v) is 11.2. The SMILES string of the molecule is CCCCOc1ccc(C[C@H](NC(=O)OC(C)(C)C)C(=O)NNC(=O)SCC(=O)Nc2ccc(C(=O)OCC)cc2)cc1. The Morgan fingerprint density at radius 1 is 0.907 bits per heavy atom. The molecule has 2 aromatic carbocycles. The summed E-state index contributed by atoms with van der Waals surface area (Å²) < 4.78 is 15.9. The number of amides is 4. The number of ether oxygens (including phenoxy) is 3. The fourth-order valence-corrected chi connectivity index (χ4v) is 3.88. The Morgan fingerprint density at radius 2 is 1.58 bits per heavy atom. The topological polar surface area (TPSA) is 161 Å². The van der Waals surface area contributed by atoms with Gasteiger partial charge in [-0.25, -0.2) is 9.59 Å². The van der Waals surface area contributed by atoms with Crippen LogP contribution in [-0.4, -0.2) is 59.7 Å². The summed E-state index contributed by atoms with van der Waals surface area (Å²) in [5, 5.41) is 4.47. The third kappa shape index (κ3) is 14.0. The molecule has 43 heavy (non-hydrogen) atoms. The van der Waals surface area contributed by atoms with Gasteiger partial charge in [0.05, 0.1) is 24.5 Å². The van der Waals surface area contributed by atoms with E-state index in [0.717, 1.165) is 18.4 Å². The number of benzene rings is 2. The Bertz CT molecular complexity index is 1230. The number of thioether (sulfide) groups is 1. The van der Waals surface area contributed by atoms with Crippen LogP contribution in [-0.2, 0) is 25.5 Å². The van der Waals surface area contributed by atoms with Gasteiger partial charge in [-0.05, 0) is 76.1 Å². The van der Waals surface area contributed by atoms with Crippen LogP contribution in [0.5, 0.6) is 5.75 Å². The van der Waals surface area contributed by atoms with E-state index in [1.165, 1.54) is 12.1 Å². The maximum absolute atomic E-state index is 12.9. The molecule has 0 heterocycles. The molecule has 2 aromatic rings. The molecule has 0 radical (unpaired) electrons. The highest BCUT2D eigenvalue weighted by Gasteiger charge is 2.25. The molecule has 1 atom stereocenters. The van der Waals surface area contributed by atoms with Crippen molar-refractivity contribution in [2.24, 2.45) is 0 Å². The van der Waals surface area contributed by atoms with Crippen LogP contribution in [0, 0.1) is 0 Å². The van der Waals surface area contributed by atoms with Crippen LogP contribution in [0.2, 0.25) is 0 Å². The van der Waals surface area contributed by atoms with E-state index in [1.807, 2.05) is 0 Å². The first-order valence-corrected chi connectivity index (χ1v) is 14.9. The van der Waals surface area contributed by atoms with Crippen molar-refractivity contribution in [1.82, 2.24) is 16.2 Å². The van der Waals surface area contributed by atoms with Crippen molar-refractivity contribution in [1.29, 1.82) is 0 Å². The zero-order valence-electron chi connectivity index (χ0n) is 25.1. The van der Waals surface area contributed by atoms with Gasteiger partial charge in [0.25, 0.3) is 11.1 Å². The molecular formula is C30H40N4O8S. The van der Waals surface area contributed by atoms with Crippen molar-refractivity contribution in [3.05, 3.63) is 59.7 Å². The van der Waals surface area contributed by atoms with Crippen LogP contribution in [0.15, 0.2) is 48.5 Å². The molecule has 0 aliphatic heterocycles. The highest BCUT2D eigenvalue weighted by Crippen LogP contribution is 2.15. The molecule has 0 fully saturated rings. The molecule has 0 saturated heterocycles. The average molecular weight is 617 g/mol. The minimum atomic E-state index is -1.08. The van der Waals surface area contributed by atoms with E-state index < -0.39 is 40.8 Å². The fourth-order valence-electron chi connectivity index (χ4n) is 3.42. The minimum absolute atomic E-state index is 0.112. The summed E-state index contributed by atoms with van der Waals surface area (Å²) in [6.07, 6.45) is 1.27. The monoisotopic (exact) mass is 616 g/mol. The molecule has 0 aliphatic carbocycles. The lowest BCUT2D eigenvalue weighted by atomic mass is 10.1. The first kappa shape index (κ1) is 34.9. The van der Waals surface area contributed by atoms with Gasteiger partial charge < -0.3 is 24.8 Å². The lowest BCUT2D eigenvalue weighted by Crippen LogP contribution is -2.53. The minimum Gasteiger partial charge on any atom is -0.494 e. The Labute approximate surface area is 255 Å². The zero-order chi connectivity index (χ0) is 31.8. The first-order valence-electron chi connectivity index (χ1n) is 13.9. The van der Waals surface area contributed by atoms with Gasteiger partial charge in [0.15, 0.2) is 0 Å². The van der Waals surface area contributed by atoms with Crippen LogP contribution in [0.4, 0.5) is 15.3 Å². The van der Waals surface area contributed by atoms with Gasteiger partial charge >= 0.3 is 12.1 Å². The average Bonchev–Trinajstić information content (AvgIpc) is 2.95. The number of carbonyl (C=O) groups is 5. The van der Waals surface area contributed by atoms with Gasteiger partial charge in [0, 0.05) is 12.1 Å². The number of hydrogen-bond donors (Lipinski definition) is 4. The Balaban J connectivity index is 1.90. The number of carbonyl (C=O) groups excluding carboxylic acids is 5. The normalized spacial score (nSPS) is 11.5. The Kier molecular flexibility index (Phi) is 14.3. The van der Waals surface area contributed by atoms with E-state index in [4.69, 9.17) is 14.2 Å². The van der Waals surface area contributed by atoms with Crippen LogP contribution in [0.3, 0.4) is 0 Å². The summed E-state index contributed by atoms with van der Waals surface area (Å²) >= 11 is 0.631. The number of hydrogen-bond acceptors (Lipinski definition) is 9. The van der Waals surface area contributed by atoms with E-state index in [0.29, 0.717) is 35.4 Å². The molecule has 0 aromatic heterocycles. The Hall–Kier alpha value is -4.26. The van der Waals surface area contributed by atoms with Gasteiger partial charge in [-0.15, -0.1) is 0 Å². The molecule has 234 valence electrons. The lowest BCUT2D eigenvalue weighted by Gasteiger charge is -2.23. The molecule has 0 saturated carbocycles. The van der Waals surface area contributed by atoms with Crippen molar-refractivity contribution < 1.29 is 38.2 Å². The van der Waals surface area contributed by atoms with Crippen LogP contribution < -0.4 is 26.2 Å². The van der Waals surface area contributed by atoms with Crippen LogP contribution in [0.25, 0.3) is 0 Å². The van der Waals surface area contributed by atoms with Gasteiger partial charge in [-0.1, -0.05) is 37.2 Å². The van der Waals surface area contributed by atoms with E-state index in [-0.39, 0.29) is 18.8 Å². The molecule has 12 nitrogen and oxygen atoms in total. The molecule has 0 aliphatic rings. The molecule has 4 N–H and O–H groups in total. The van der Waals surface area contributed by atoms with Crippen molar-refractivity contribution in [3.8, 4) is 5.75 Å². The summed E-state index contributed by atoms with van der Waals surface area (Å²) in [4.78, 5) is 61.7. The molecule has 0 spiro atoms. The van der Waals surface area contributed by atoms with Crippen LogP contribution >= 0.6 is 11.8 Å². The number of hydrazine groups is 1. The molecule has 0 unspecified atom stereocenters. The van der Waals surface area contributed by atoms with Gasteiger partial charge in [0.2, 0.25) is 5.91 Å². The third-order valence-corrected chi connectivity index (χ3v) is 6.21. The second-order valence-electron chi connectivity index (χ2n) is 10.3. The van der Waals surface area contributed by atoms with Gasteiger partial charge in [-0.2, -0.15) is 0 Å². The van der Waals surface area contributed by atoms with Crippen LogP contribution in [0.1, 0.15) is 63.4 Å². The maximum atomic E-state index is 12.9. The summed E-state index contributed by atoms with van der Waals surface area (Å²) in [6.45, 7) is 9.73. The third-order valence-electron chi connectivity index (χ3n) is 5.44. The predicted octanol–water partition coefficient (Wildman–Crippen LogP) is 4.59. The largest absolute Gasteiger partial charge is 0.494 e. The molecule has 4 amide bonds. The quantitative estimate of drug-likeness (QED) is 0.143. The van der Waals surface area contributed by atoms with Crippen molar-refractivity contribution in [2.45, 2.75) is 65.5 Å². The highest BCUT2D eigenvalue weighted by atomic mass is 32.2. The standard InChI is InChI=1S/C30H40N4O8S/c1-6-8-17-41-23-15-9-20(10-16-23)18-24(32-28(38)42-30(3,4)5)26(36)33-34-29(39)43-19-25(35)31-22-13-11-21(12-14-22)27(37)40-7-2/h9-16,24H,6-8,17-19H2,1-5H3,(H,31,35)(H,32,38)(H,33,36)(H,34,39)/t24-/m0/s1. The first-order chi connectivity index (χ1) is 20.4. The number of alkyl carbamates (subject to hydrolysis) is 1. The lowest BCUT2D eigenvalue weighted by molar-refractivity contribution is -0.123. The predicted molar refractivity (Wildman–Crippen MR) is 164 cm³/mol.